The van der Waals surface area contributed by atoms with Gasteiger partial charge in [0.25, 0.3) is 0 Å². The number of anilines is 1. The van der Waals surface area contributed by atoms with Gasteiger partial charge in [0.2, 0.25) is 0 Å². The summed E-state index contributed by atoms with van der Waals surface area (Å²) in [6, 6.07) is 6.38. The molecule has 0 radical (unpaired) electrons. The van der Waals surface area contributed by atoms with Gasteiger partial charge in [-0.05, 0) is 49.4 Å². The van der Waals surface area contributed by atoms with Crippen LogP contribution >= 0.6 is 24.0 Å². The van der Waals surface area contributed by atoms with Crippen LogP contribution in [0.25, 0.3) is 0 Å². The van der Waals surface area contributed by atoms with Gasteiger partial charge in [-0.25, -0.2) is 0 Å². The molecule has 102 valence electrons. The Morgan fingerprint density at radius 1 is 1.28 bits per heavy atom. The zero-order chi connectivity index (χ0) is 12.3. The van der Waals surface area contributed by atoms with Crippen LogP contribution in [0.2, 0.25) is 5.02 Å². The molecule has 1 heterocycles. The number of halogens is 2. The highest BCUT2D eigenvalue weighted by atomic mass is 35.5. The fourth-order valence-corrected chi connectivity index (χ4v) is 2.67. The summed E-state index contributed by atoms with van der Waals surface area (Å²) in [6.07, 6.45) is 3.89. The molecule has 0 bridgehead atoms. The monoisotopic (exact) mass is 288 g/mol. The van der Waals surface area contributed by atoms with Crippen molar-refractivity contribution in [3.8, 4) is 0 Å². The van der Waals surface area contributed by atoms with E-state index in [0.29, 0.717) is 12.5 Å². The van der Waals surface area contributed by atoms with E-state index in [0.717, 1.165) is 18.1 Å². The van der Waals surface area contributed by atoms with Crippen molar-refractivity contribution in [3.63, 3.8) is 0 Å². The standard InChI is InChI=1S/C14H21ClN2.ClH/c1-11(10-16)12-5-6-14(13(15)9-12)17-7-3-2-4-8-17;/h5-6,9,11H,2-4,7-8,10,16H2,1H3;1H. The fraction of sp³-hybridized carbons (Fsp3) is 0.571. The minimum atomic E-state index is 0. The summed E-state index contributed by atoms with van der Waals surface area (Å²) in [5.74, 6) is 0.378. The number of hydrogen-bond donors (Lipinski definition) is 1. The topological polar surface area (TPSA) is 29.3 Å². The lowest BCUT2D eigenvalue weighted by molar-refractivity contribution is 0.578. The van der Waals surface area contributed by atoms with Crippen molar-refractivity contribution in [3.05, 3.63) is 28.8 Å². The molecule has 4 heteroatoms. The third-order valence-corrected chi connectivity index (χ3v) is 3.89. The molecule has 0 aromatic heterocycles. The van der Waals surface area contributed by atoms with Crippen LogP contribution in [0, 0.1) is 0 Å². The first-order valence-corrected chi connectivity index (χ1v) is 6.84. The summed E-state index contributed by atoms with van der Waals surface area (Å²) in [5.41, 5.74) is 8.10. The molecule has 1 aliphatic rings. The smallest absolute Gasteiger partial charge is 0.0642 e. The van der Waals surface area contributed by atoms with Crippen molar-refractivity contribution in [2.75, 3.05) is 24.5 Å². The number of benzene rings is 1. The van der Waals surface area contributed by atoms with Crippen molar-refractivity contribution < 1.29 is 0 Å². The molecule has 1 aromatic carbocycles. The fourth-order valence-electron chi connectivity index (χ4n) is 2.36. The maximum Gasteiger partial charge on any atom is 0.0642 e. The molecule has 2 rings (SSSR count). The second kappa shape index (κ2) is 7.22. The first-order chi connectivity index (χ1) is 8.22. The number of nitrogens with two attached hydrogens (primary N) is 1. The Morgan fingerprint density at radius 2 is 1.94 bits per heavy atom. The van der Waals surface area contributed by atoms with Crippen LogP contribution in [-0.4, -0.2) is 19.6 Å². The molecule has 1 aliphatic heterocycles. The van der Waals surface area contributed by atoms with Gasteiger partial charge in [-0.1, -0.05) is 24.6 Å². The van der Waals surface area contributed by atoms with Crippen LogP contribution in [0.3, 0.4) is 0 Å². The van der Waals surface area contributed by atoms with Crippen LogP contribution < -0.4 is 10.6 Å². The third kappa shape index (κ3) is 3.53. The van der Waals surface area contributed by atoms with Crippen molar-refractivity contribution >= 4 is 29.7 Å². The molecule has 1 fully saturated rings. The van der Waals surface area contributed by atoms with E-state index in [4.69, 9.17) is 17.3 Å². The van der Waals surface area contributed by atoms with Crippen molar-refractivity contribution in [2.24, 2.45) is 5.73 Å². The molecule has 1 atom stereocenters. The lowest BCUT2D eigenvalue weighted by Crippen LogP contribution is -2.29. The van der Waals surface area contributed by atoms with Gasteiger partial charge in [0.05, 0.1) is 10.7 Å². The Kier molecular flexibility index (Phi) is 6.27. The van der Waals surface area contributed by atoms with E-state index in [2.05, 4.69) is 30.0 Å². The predicted molar refractivity (Wildman–Crippen MR) is 82.2 cm³/mol. The van der Waals surface area contributed by atoms with Gasteiger partial charge < -0.3 is 10.6 Å². The van der Waals surface area contributed by atoms with Crippen LogP contribution in [0.4, 0.5) is 5.69 Å². The second-order valence-electron chi connectivity index (χ2n) is 4.90. The Morgan fingerprint density at radius 3 is 2.50 bits per heavy atom. The van der Waals surface area contributed by atoms with Gasteiger partial charge in [-0.3, -0.25) is 0 Å². The number of nitrogens with zero attached hydrogens (tertiary/aromatic N) is 1. The van der Waals surface area contributed by atoms with Gasteiger partial charge in [0.15, 0.2) is 0 Å². The molecule has 1 saturated heterocycles. The maximum atomic E-state index is 6.38. The Balaban J connectivity index is 0.00000162. The Labute approximate surface area is 121 Å². The summed E-state index contributed by atoms with van der Waals surface area (Å²) in [6.45, 7) is 5.06. The summed E-state index contributed by atoms with van der Waals surface area (Å²) in [5, 5.41) is 0.865. The zero-order valence-corrected chi connectivity index (χ0v) is 12.4. The van der Waals surface area contributed by atoms with Crippen molar-refractivity contribution in [1.82, 2.24) is 0 Å². The van der Waals surface area contributed by atoms with E-state index in [9.17, 15) is 0 Å². The Bertz CT molecular complexity index is 376. The van der Waals surface area contributed by atoms with Gasteiger partial charge in [0, 0.05) is 13.1 Å². The summed E-state index contributed by atoms with van der Waals surface area (Å²) in [4.78, 5) is 2.39. The molecular formula is C14H22Cl2N2. The van der Waals surface area contributed by atoms with Crippen LogP contribution in [0.15, 0.2) is 18.2 Å². The predicted octanol–water partition coefficient (Wildman–Crippen LogP) is 3.81. The molecule has 0 saturated carbocycles. The normalized spacial score (nSPS) is 17.2. The molecule has 0 aliphatic carbocycles. The molecule has 1 unspecified atom stereocenters. The Hall–Kier alpha value is -0.440. The van der Waals surface area contributed by atoms with E-state index in [1.54, 1.807) is 0 Å². The van der Waals surface area contributed by atoms with Crippen LogP contribution in [-0.2, 0) is 0 Å². The van der Waals surface area contributed by atoms with Crippen molar-refractivity contribution in [1.29, 1.82) is 0 Å². The second-order valence-corrected chi connectivity index (χ2v) is 5.30. The third-order valence-electron chi connectivity index (χ3n) is 3.59. The van der Waals surface area contributed by atoms with Gasteiger partial charge in [-0.2, -0.15) is 0 Å². The van der Waals surface area contributed by atoms with Gasteiger partial charge >= 0.3 is 0 Å². The minimum absolute atomic E-state index is 0. The highest BCUT2D eigenvalue weighted by Crippen LogP contribution is 2.31. The minimum Gasteiger partial charge on any atom is -0.370 e. The van der Waals surface area contributed by atoms with E-state index >= 15 is 0 Å². The highest BCUT2D eigenvalue weighted by Gasteiger charge is 2.14. The van der Waals surface area contributed by atoms with Gasteiger partial charge in [-0.15, -0.1) is 12.4 Å². The SMILES string of the molecule is CC(CN)c1ccc(N2CCCCC2)c(Cl)c1.Cl. The molecule has 18 heavy (non-hydrogen) atoms. The van der Waals surface area contributed by atoms with E-state index in [-0.39, 0.29) is 12.4 Å². The lowest BCUT2D eigenvalue weighted by atomic mass is 10.0. The number of rotatable bonds is 3. The average molecular weight is 289 g/mol. The van der Waals surface area contributed by atoms with Crippen LogP contribution in [0.5, 0.6) is 0 Å². The molecule has 2 N–H and O–H groups in total. The van der Waals surface area contributed by atoms with Gasteiger partial charge in [0.1, 0.15) is 0 Å². The summed E-state index contributed by atoms with van der Waals surface area (Å²) in [7, 11) is 0. The maximum absolute atomic E-state index is 6.38. The molecule has 2 nitrogen and oxygen atoms in total. The molecule has 0 amide bonds. The first kappa shape index (κ1) is 15.6. The van der Waals surface area contributed by atoms with Crippen molar-refractivity contribution in [2.45, 2.75) is 32.1 Å². The molecule has 0 spiro atoms. The zero-order valence-electron chi connectivity index (χ0n) is 10.9. The quantitative estimate of drug-likeness (QED) is 0.916. The summed E-state index contributed by atoms with van der Waals surface area (Å²) >= 11 is 6.38. The number of hydrogen-bond acceptors (Lipinski definition) is 2. The lowest BCUT2D eigenvalue weighted by Gasteiger charge is -2.30. The first-order valence-electron chi connectivity index (χ1n) is 6.47. The van der Waals surface area contributed by atoms with E-state index in [1.807, 2.05) is 0 Å². The van der Waals surface area contributed by atoms with E-state index < -0.39 is 0 Å². The van der Waals surface area contributed by atoms with E-state index in [1.165, 1.54) is 30.5 Å². The molecular weight excluding hydrogens is 267 g/mol. The molecule has 1 aromatic rings. The highest BCUT2D eigenvalue weighted by molar-refractivity contribution is 6.33. The average Bonchev–Trinajstić information content (AvgIpc) is 2.38. The van der Waals surface area contributed by atoms with Crippen LogP contribution in [0.1, 0.15) is 37.7 Å². The summed E-state index contributed by atoms with van der Waals surface area (Å²) < 4.78 is 0. The number of piperidine rings is 1. The largest absolute Gasteiger partial charge is 0.370 e.